The molecule has 1 rings (SSSR count). The first-order chi connectivity index (χ1) is 8.55. The fourth-order valence-electron chi connectivity index (χ4n) is 1.19. The van der Waals surface area contributed by atoms with Crippen LogP contribution in [0.15, 0.2) is 28.7 Å². The third kappa shape index (κ3) is 3.60. The number of carbonyl (C=O) groups is 1. The Labute approximate surface area is 114 Å². The van der Waals surface area contributed by atoms with Gasteiger partial charge in [-0.3, -0.25) is 9.10 Å². The second-order valence-corrected chi connectivity index (χ2v) is 6.10. The van der Waals surface area contributed by atoms with Gasteiger partial charge in [-0.2, -0.15) is 21.6 Å². The van der Waals surface area contributed by atoms with Crippen LogP contribution in [-0.4, -0.2) is 31.5 Å². The Bertz CT molecular complexity index is 587. The molecule has 0 amide bonds. The van der Waals surface area contributed by atoms with Gasteiger partial charge in [-0.25, -0.2) is 0 Å². The lowest BCUT2D eigenvalue weighted by Gasteiger charge is -2.23. The summed E-state index contributed by atoms with van der Waals surface area (Å²) >= 11 is 2.96. The molecule has 5 nitrogen and oxygen atoms in total. The average molecular weight is 362 g/mol. The van der Waals surface area contributed by atoms with Crippen LogP contribution >= 0.6 is 15.9 Å². The number of benzene rings is 1. The van der Waals surface area contributed by atoms with Gasteiger partial charge in [0, 0.05) is 4.47 Å². The number of anilines is 1. The molecule has 0 aliphatic heterocycles. The fourth-order valence-corrected chi connectivity index (χ4v) is 2.50. The zero-order valence-corrected chi connectivity index (χ0v) is 11.5. The summed E-state index contributed by atoms with van der Waals surface area (Å²) in [6.07, 6.45) is 0. The van der Waals surface area contributed by atoms with E-state index < -0.39 is 33.7 Å². The van der Waals surface area contributed by atoms with Gasteiger partial charge in [-0.1, -0.05) is 22.0 Å². The molecule has 1 aromatic rings. The number of aliphatic carboxylic acids is 1. The second kappa shape index (κ2) is 5.37. The van der Waals surface area contributed by atoms with E-state index in [0.29, 0.717) is 4.47 Å². The largest absolute Gasteiger partial charge is 0.516 e. The molecule has 10 heteroatoms. The maximum atomic E-state index is 12.5. The Kier molecular flexibility index (Phi) is 4.46. The summed E-state index contributed by atoms with van der Waals surface area (Å²) in [6, 6.07) is 4.89. The minimum atomic E-state index is -5.77. The molecule has 0 aliphatic carbocycles. The summed E-state index contributed by atoms with van der Waals surface area (Å²) in [6.45, 7) is -1.32. The van der Waals surface area contributed by atoms with E-state index in [0.717, 1.165) is 12.1 Å². The molecule has 0 saturated heterocycles. The molecule has 0 aliphatic rings. The van der Waals surface area contributed by atoms with E-state index in [1.165, 1.54) is 12.1 Å². The number of rotatable bonds is 4. The van der Waals surface area contributed by atoms with Crippen LogP contribution < -0.4 is 4.31 Å². The molecule has 106 valence electrons. The maximum absolute atomic E-state index is 12.5. The topological polar surface area (TPSA) is 74.7 Å². The normalized spacial score (nSPS) is 12.2. The van der Waals surface area contributed by atoms with Crippen LogP contribution in [0.25, 0.3) is 0 Å². The number of hydrogen-bond acceptors (Lipinski definition) is 3. The van der Waals surface area contributed by atoms with Gasteiger partial charge in [0.25, 0.3) is 0 Å². The summed E-state index contributed by atoms with van der Waals surface area (Å²) < 4.78 is 60.2. The number of sulfonamides is 1. The molecule has 0 fully saturated rings. The van der Waals surface area contributed by atoms with Crippen molar-refractivity contribution in [2.45, 2.75) is 5.51 Å². The van der Waals surface area contributed by atoms with Crippen LogP contribution in [0.5, 0.6) is 0 Å². The number of halogens is 4. The SMILES string of the molecule is O=C(O)CN(c1cccc(Br)c1)S(=O)(=O)C(F)(F)F. The number of carboxylic acid groups (broad SMARTS) is 1. The molecule has 0 heterocycles. The summed E-state index contributed by atoms with van der Waals surface area (Å²) in [5.41, 5.74) is -5.97. The summed E-state index contributed by atoms with van der Waals surface area (Å²) in [5, 5.41) is 8.56. The van der Waals surface area contributed by atoms with E-state index in [2.05, 4.69) is 15.9 Å². The molecule has 0 unspecified atom stereocenters. The highest BCUT2D eigenvalue weighted by atomic mass is 79.9. The fraction of sp³-hybridized carbons (Fsp3) is 0.222. The van der Waals surface area contributed by atoms with Crippen LogP contribution in [0, 0.1) is 0 Å². The minimum absolute atomic E-state index is 0.208. The number of nitrogens with zero attached hydrogens (tertiary/aromatic N) is 1. The van der Waals surface area contributed by atoms with Crippen molar-refractivity contribution in [2.75, 3.05) is 10.8 Å². The first kappa shape index (κ1) is 15.8. The van der Waals surface area contributed by atoms with Gasteiger partial charge < -0.3 is 5.11 Å². The quantitative estimate of drug-likeness (QED) is 0.891. The Morgan fingerprint density at radius 2 is 1.95 bits per heavy atom. The van der Waals surface area contributed by atoms with Gasteiger partial charge in [0.15, 0.2) is 0 Å². The molecule has 0 spiro atoms. The highest BCUT2D eigenvalue weighted by Crippen LogP contribution is 2.31. The zero-order valence-electron chi connectivity index (χ0n) is 9.06. The van der Waals surface area contributed by atoms with Crippen molar-refractivity contribution in [2.24, 2.45) is 0 Å². The average Bonchev–Trinajstić information content (AvgIpc) is 2.23. The number of alkyl halides is 3. The summed E-state index contributed by atoms with van der Waals surface area (Å²) in [4.78, 5) is 10.6. The third-order valence-corrected chi connectivity index (χ3v) is 3.96. The Balaban J connectivity index is 3.35. The lowest BCUT2D eigenvalue weighted by atomic mass is 10.3. The number of hydrogen-bond donors (Lipinski definition) is 1. The van der Waals surface area contributed by atoms with E-state index in [9.17, 15) is 26.4 Å². The van der Waals surface area contributed by atoms with Gasteiger partial charge in [0.2, 0.25) is 0 Å². The van der Waals surface area contributed by atoms with Gasteiger partial charge in [0.1, 0.15) is 6.54 Å². The third-order valence-electron chi connectivity index (χ3n) is 1.96. The molecule has 0 radical (unpaired) electrons. The van der Waals surface area contributed by atoms with Gasteiger partial charge in [-0.05, 0) is 18.2 Å². The maximum Gasteiger partial charge on any atom is 0.516 e. The molecular weight excluding hydrogens is 355 g/mol. The van der Waals surface area contributed by atoms with Crippen LogP contribution in [-0.2, 0) is 14.8 Å². The van der Waals surface area contributed by atoms with E-state index in [1.54, 1.807) is 0 Å². The predicted molar refractivity (Wildman–Crippen MR) is 64.1 cm³/mol. The monoisotopic (exact) mass is 361 g/mol. The van der Waals surface area contributed by atoms with Gasteiger partial charge in [-0.15, -0.1) is 0 Å². The Morgan fingerprint density at radius 3 is 2.37 bits per heavy atom. The first-order valence-corrected chi connectivity index (χ1v) is 6.85. The minimum Gasteiger partial charge on any atom is -0.480 e. The highest BCUT2D eigenvalue weighted by Gasteiger charge is 2.50. The van der Waals surface area contributed by atoms with Crippen LogP contribution in [0.4, 0.5) is 18.9 Å². The molecule has 1 N–H and O–H groups in total. The summed E-state index contributed by atoms with van der Waals surface area (Å²) in [5.74, 6) is -1.70. The van der Waals surface area contributed by atoms with E-state index in [4.69, 9.17) is 5.11 Å². The van der Waals surface area contributed by atoms with Crippen LogP contribution in [0.3, 0.4) is 0 Å². The van der Waals surface area contributed by atoms with E-state index in [1.807, 2.05) is 0 Å². The lowest BCUT2D eigenvalue weighted by Crippen LogP contribution is -2.43. The Hall–Kier alpha value is -1.29. The lowest BCUT2D eigenvalue weighted by molar-refractivity contribution is -0.135. The number of carboxylic acids is 1. The van der Waals surface area contributed by atoms with Crippen molar-refractivity contribution in [3.63, 3.8) is 0 Å². The highest BCUT2D eigenvalue weighted by molar-refractivity contribution is 9.10. The molecule has 19 heavy (non-hydrogen) atoms. The Morgan fingerprint density at radius 1 is 1.37 bits per heavy atom. The smallest absolute Gasteiger partial charge is 0.480 e. The molecular formula is C9H7BrF3NO4S. The van der Waals surface area contributed by atoms with Crippen molar-refractivity contribution in [3.8, 4) is 0 Å². The van der Waals surface area contributed by atoms with E-state index in [-0.39, 0.29) is 4.31 Å². The van der Waals surface area contributed by atoms with Crippen molar-refractivity contribution >= 4 is 37.6 Å². The second-order valence-electron chi connectivity index (χ2n) is 3.33. The van der Waals surface area contributed by atoms with Crippen molar-refractivity contribution < 1.29 is 31.5 Å². The van der Waals surface area contributed by atoms with Crippen LogP contribution in [0.1, 0.15) is 0 Å². The van der Waals surface area contributed by atoms with Gasteiger partial charge >= 0.3 is 21.5 Å². The molecule has 0 bridgehead atoms. The molecule has 0 saturated carbocycles. The predicted octanol–water partition coefficient (Wildman–Crippen LogP) is 2.19. The van der Waals surface area contributed by atoms with Gasteiger partial charge in [0.05, 0.1) is 5.69 Å². The molecule has 0 atom stereocenters. The molecule has 1 aromatic carbocycles. The summed E-state index contributed by atoms with van der Waals surface area (Å²) in [7, 11) is -5.77. The van der Waals surface area contributed by atoms with Crippen molar-refractivity contribution in [3.05, 3.63) is 28.7 Å². The van der Waals surface area contributed by atoms with Crippen LogP contribution in [0.2, 0.25) is 0 Å². The van der Waals surface area contributed by atoms with E-state index >= 15 is 0 Å². The standard InChI is InChI=1S/C9H7BrF3NO4S/c10-6-2-1-3-7(4-6)14(5-8(15)16)19(17,18)9(11,12)13/h1-4H,5H2,(H,15,16). The zero-order chi connectivity index (χ0) is 14.8. The van der Waals surface area contributed by atoms with Crippen molar-refractivity contribution in [1.82, 2.24) is 0 Å². The first-order valence-electron chi connectivity index (χ1n) is 4.62. The molecule has 0 aromatic heterocycles. The van der Waals surface area contributed by atoms with Crippen molar-refractivity contribution in [1.29, 1.82) is 0 Å².